The largest absolute Gasteiger partial charge is 2.00 e. The van der Waals surface area contributed by atoms with Gasteiger partial charge in [0.2, 0.25) is 0 Å². The van der Waals surface area contributed by atoms with Crippen LogP contribution < -0.4 is 16.0 Å². The number of rotatable bonds is 5. The first-order valence-electron chi connectivity index (χ1n) is 12.2. The maximum Gasteiger partial charge on any atom is 2.00 e. The van der Waals surface area contributed by atoms with Crippen molar-refractivity contribution in [2.45, 2.75) is 19.6 Å². The molecule has 5 rings (SSSR count). The summed E-state index contributed by atoms with van der Waals surface area (Å²) in [4.78, 5) is 2.56. The van der Waals surface area contributed by atoms with Gasteiger partial charge in [-0.3, -0.25) is 4.90 Å². The zero-order valence-electron chi connectivity index (χ0n) is 19.7. The third kappa shape index (κ3) is 6.25. The number of hydrogen-bond acceptors (Lipinski definition) is 4. The molecule has 1 aliphatic heterocycles. The summed E-state index contributed by atoms with van der Waals surface area (Å²) in [5.41, 5.74) is 4.14. The van der Waals surface area contributed by atoms with Gasteiger partial charge in [-0.25, -0.2) is 0 Å². The minimum absolute atomic E-state index is 0. The van der Waals surface area contributed by atoms with Crippen molar-refractivity contribution in [3.8, 4) is 0 Å². The molecule has 0 fully saturated rings. The summed E-state index contributed by atoms with van der Waals surface area (Å²) in [6, 6.07) is 28.7. The molecular formula is C29H34MnN4+2. The van der Waals surface area contributed by atoms with E-state index in [1.807, 2.05) is 0 Å². The first-order chi connectivity index (χ1) is 16.4. The molecule has 0 aliphatic carbocycles. The first-order valence-corrected chi connectivity index (χ1v) is 12.2. The fraction of sp³-hybridized carbons (Fsp3) is 0.310. The van der Waals surface area contributed by atoms with Crippen LogP contribution in [0, 0.1) is 0 Å². The van der Waals surface area contributed by atoms with Crippen molar-refractivity contribution < 1.29 is 17.1 Å². The Hall–Kier alpha value is -2.24. The molecule has 4 nitrogen and oxygen atoms in total. The minimum atomic E-state index is 0. The van der Waals surface area contributed by atoms with Crippen LogP contribution in [0.5, 0.6) is 0 Å². The van der Waals surface area contributed by atoms with Gasteiger partial charge in [-0.15, -0.1) is 0 Å². The Bertz CT molecular complexity index is 1130. The summed E-state index contributed by atoms with van der Waals surface area (Å²) in [5, 5.41) is 16.3. The van der Waals surface area contributed by atoms with Crippen molar-refractivity contribution in [2.75, 3.05) is 39.3 Å². The molecule has 0 spiro atoms. The predicted octanol–water partition coefficient (Wildman–Crippen LogP) is 4.28. The van der Waals surface area contributed by atoms with E-state index >= 15 is 0 Å². The molecule has 5 heteroatoms. The molecule has 1 heterocycles. The molecule has 0 amide bonds. The Kier molecular flexibility index (Phi) is 9.11. The van der Waals surface area contributed by atoms with Gasteiger partial charge in [0, 0.05) is 58.9 Å². The third-order valence-electron chi connectivity index (χ3n) is 6.65. The zero-order valence-corrected chi connectivity index (χ0v) is 20.9. The van der Waals surface area contributed by atoms with E-state index in [1.165, 1.54) is 38.2 Å². The van der Waals surface area contributed by atoms with E-state index in [1.54, 1.807) is 0 Å². The van der Waals surface area contributed by atoms with Gasteiger partial charge >= 0.3 is 17.1 Å². The SMILES string of the molecule is [Mn+2].c1cc2cc(c1)CNCCN(CCNCc1c3ccccc3cc3ccccc13)CCNC2. The average molecular weight is 494 g/mol. The molecule has 1 aliphatic rings. The van der Waals surface area contributed by atoms with Crippen LogP contribution in [0.25, 0.3) is 21.5 Å². The fourth-order valence-corrected chi connectivity index (χ4v) is 4.87. The van der Waals surface area contributed by atoms with Crippen molar-refractivity contribution in [1.29, 1.82) is 0 Å². The standard InChI is InChI=1S/C29H34N4.Mn/c1-3-10-27-25(8-1)19-26-9-2-4-11-28(26)29(27)22-32-14-17-33-15-12-30-20-23-6-5-7-24(18-23)21-31-13-16-33;/h1-11,18-19,30-32H,12-17,20-22H2;/q;+2. The summed E-state index contributed by atoms with van der Waals surface area (Å²) in [5.74, 6) is 0. The second kappa shape index (κ2) is 12.5. The molecule has 4 aromatic rings. The summed E-state index contributed by atoms with van der Waals surface area (Å²) in [6.45, 7) is 8.97. The average Bonchev–Trinajstić information content (AvgIpc) is 2.85. The number of benzene rings is 4. The molecule has 3 N–H and O–H groups in total. The van der Waals surface area contributed by atoms with E-state index in [0.717, 1.165) is 58.9 Å². The Balaban J connectivity index is 0.00000274. The van der Waals surface area contributed by atoms with Crippen molar-refractivity contribution >= 4 is 21.5 Å². The van der Waals surface area contributed by atoms with Crippen molar-refractivity contribution in [3.05, 3.63) is 95.6 Å². The Morgan fingerprint density at radius 1 is 0.706 bits per heavy atom. The fourth-order valence-electron chi connectivity index (χ4n) is 4.87. The van der Waals surface area contributed by atoms with Gasteiger partial charge in [-0.05, 0) is 44.3 Å². The molecule has 0 unspecified atom stereocenters. The summed E-state index contributed by atoms with van der Waals surface area (Å²) < 4.78 is 0. The van der Waals surface area contributed by atoms with Crippen LogP contribution in [0.2, 0.25) is 0 Å². The Morgan fingerprint density at radius 3 is 1.91 bits per heavy atom. The zero-order chi connectivity index (χ0) is 22.3. The monoisotopic (exact) mass is 493 g/mol. The normalized spacial score (nSPS) is 15.4. The van der Waals surface area contributed by atoms with Gasteiger partial charge in [0.1, 0.15) is 0 Å². The Morgan fingerprint density at radius 2 is 1.29 bits per heavy atom. The first kappa shape index (κ1) is 24.9. The second-order valence-electron chi connectivity index (χ2n) is 8.99. The van der Waals surface area contributed by atoms with E-state index in [-0.39, 0.29) is 17.1 Å². The molecule has 0 aromatic heterocycles. The summed E-state index contributed by atoms with van der Waals surface area (Å²) in [6.07, 6.45) is 0. The van der Waals surface area contributed by atoms with E-state index < -0.39 is 0 Å². The molecule has 0 atom stereocenters. The van der Waals surface area contributed by atoms with Gasteiger partial charge in [0.05, 0.1) is 0 Å². The molecule has 4 aromatic carbocycles. The molecule has 0 saturated heterocycles. The van der Waals surface area contributed by atoms with Crippen LogP contribution in [0.4, 0.5) is 0 Å². The van der Waals surface area contributed by atoms with Gasteiger partial charge in [0.15, 0.2) is 0 Å². The van der Waals surface area contributed by atoms with Gasteiger partial charge in [-0.1, -0.05) is 72.8 Å². The van der Waals surface area contributed by atoms with Crippen molar-refractivity contribution in [1.82, 2.24) is 20.9 Å². The summed E-state index contributed by atoms with van der Waals surface area (Å²) in [7, 11) is 0. The minimum Gasteiger partial charge on any atom is -0.311 e. The number of nitrogens with one attached hydrogen (secondary N) is 3. The van der Waals surface area contributed by atoms with Crippen LogP contribution in [-0.2, 0) is 36.7 Å². The number of fused-ring (bicyclic) bond motifs is 4. The number of hydrogen-bond donors (Lipinski definition) is 3. The van der Waals surface area contributed by atoms with Gasteiger partial charge in [-0.2, -0.15) is 0 Å². The van der Waals surface area contributed by atoms with Crippen LogP contribution in [0.15, 0.2) is 78.9 Å². The molecular weight excluding hydrogens is 459 g/mol. The maximum atomic E-state index is 3.74. The maximum absolute atomic E-state index is 3.74. The van der Waals surface area contributed by atoms with Gasteiger partial charge < -0.3 is 16.0 Å². The molecule has 175 valence electrons. The van der Waals surface area contributed by atoms with Crippen molar-refractivity contribution in [3.63, 3.8) is 0 Å². The molecule has 1 radical (unpaired) electrons. The third-order valence-corrected chi connectivity index (χ3v) is 6.65. The summed E-state index contributed by atoms with van der Waals surface area (Å²) >= 11 is 0. The number of nitrogens with zero attached hydrogens (tertiary/aromatic N) is 1. The van der Waals surface area contributed by atoms with E-state index in [4.69, 9.17) is 0 Å². The predicted molar refractivity (Wildman–Crippen MR) is 139 cm³/mol. The molecule has 0 saturated carbocycles. The quantitative estimate of drug-likeness (QED) is 0.221. The van der Waals surface area contributed by atoms with Crippen LogP contribution in [-0.4, -0.2) is 44.2 Å². The molecule has 2 bridgehead atoms. The van der Waals surface area contributed by atoms with Crippen LogP contribution in [0.1, 0.15) is 16.7 Å². The second-order valence-corrected chi connectivity index (χ2v) is 8.99. The van der Waals surface area contributed by atoms with Crippen LogP contribution in [0.3, 0.4) is 0 Å². The van der Waals surface area contributed by atoms with E-state index in [9.17, 15) is 0 Å². The Labute approximate surface area is 213 Å². The van der Waals surface area contributed by atoms with E-state index in [2.05, 4.69) is 99.7 Å². The smallest absolute Gasteiger partial charge is 0.311 e. The molecule has 34 heavy (non-hydrogen) atoms. The van der Waals surface area contributed by atoms with E-state index in [0.29, 0.717) is 0 Å². The van der Waals surface area contributed by atoms with Crippen molar-refractivity contribution in [2.24, 2.45) is 0 Å². The topological polar surface area (TPSA) is 39.3 Å². The van der Waals surface area contributed by atoms with Crippen LogP contribution >= 0.6 is 0 Å². The van der Waals surface area contributed by atoms with Gasteiger partial charge in [0.25, 0.3) is 0 Å².